The van der Waals surface area contributed by atoms with Crippen molar-refractivity contribution in [3.63, 3.8) is 0 Å². The largest absolute Gasteiger partial charge is 0.486 e. The van der Waals surface area contributed by atoms with Crippen LogP contribution in [-0.4, -0.2) is 27.3 Å². The van der Waals surface area contributed by atoms with Crippen LogP contribution in [0, 0.1) is 0 Å². The fourth-order valence-electron chi connectivity index (χ4n) is 1.81. The predicted octanol–water partition coefficient (Wildman–Crippen LogP) is 3.76. The third-order valence-electron chi connectivity index (χ3n) is 4.39. The molecular weight excluding hydrogens is 324 g/mol. The van der Waals surface area contributed by atoms with Crippen LogP contribution in [-0.2, 0) is 9.22 Å². The lowest BCUT2D eigenvalue weighted by Crippen LogP contribution is -2.42. The second-order valence-electron chi connectivity index (χ2n) is 7.33. The van der Waals surface area contributed by atoms with Crippen LogP contribution in [0.5, 0.6) is 5.75 Å². The second-order valence-corrected chi connectivity index (χ2v) is 12.1. The Bertz CT molecular complexity index is 786. The highest BCUT2D eigenvalue weighted by Crippen LogP contribution is 2.36. The highest BCUT2D eigenvalue weighted by Gasteiger charge is 2.37. The summed E-state index contributed by atoms with van der Waals surface area (Å²) in [7, 11) is -1.94. The molecule has 0 atom stereocenters. The van der Waals surface area contributed by atoms with Crippen molar-refractivity contribution < 1.29 is 18.4 Å². The van der Waals surface area contributed by atoms with Crippen LogP contribution in [0.2, 0.25) is 18.1 Å². The molecule has 0 radical (unpaired) electrons. The van der Waals surface area contributed by atoms with Crippen LogP contribution in [0.25, 0.3) is 11.0 Å². The number of ketones is 1. The molecule has 2 aromatic rings. The summed E-state index contributed by atoms with van der Waals surface area (Å²) in [4.78, 5) is 23.3. The zero-order valence-electron chi connectivity index (χ0n) is 14.8. The van der Waals surface area contributed by atoms with Crippen LogP contribution in [0.1, 0.15) is 20.8 Å². The molecule has 6 heteroatoms. The number of carbonyl (C=O) groups is 1. The molecule has 0 amide bonds. The molecule has 0 unspecified atom stereocenters. The first-order valence-corrected chi connectivity index (χ1v) is 10.8. The van der Waals surface area contributed by atoms with Crippen molar-refractivity contribution in [2.24, 2.45) is 0 Å². The minimum absolute atomic E-state index is 0.0547. The monoisotopic (exact) mass is 348 g/mol. The third-order valence-corrected chi connectivity index (χ3v) is 8.87. The molecule has 130 valence electrons. The van der Waals surface area contributed by atoms with Gasteiger partial charge in [0, 0.05) is 17.5 Å². The molecule has 0 bridgehead atoms. The number of benzene rings is 1. The molecule has 2 rings (SSSR count). The van der Waals surface area contributed by atoms with Crippen molar-refractivity contribution in [3.05, 3.63) is 40.8 Å². The maximum Gasteiger partial charge on any atom is 0.336 e. The fraction of sp³-hybridized carbons (Fsp3) is 0.444. The van der Waals surface area contributed by atoms with E-state index < -0.39 is 13.9 Å². The molecule has 0 N–H and O–H groups in total. The van der Waals surface area contributed by atoms with E-state index in [9.17, 15) is 9.59 Å². The molecule has 5 nitrogen and oxygen atoms in total. The summed E-state index contributed by atoms with van der Waals surface area (Å²) in [5.41, 5.74) is 0.0171. The highest BCUT2D eigenvalue weighted by atomic mass is 28.4. The maximum absolute atomic E-state index is 12.0. The Hall–Kier alpha value is -1.92. The van der Waals surface area contributed by atoms with Crippen molar-refractivity contribution in [3.8, 4) is 5.75 Å². The van der Waals surface area contributed by atoms with E-state index in [0.29, 0.717) is 11.3 Å². The van der Waals surface area contributed by atoms with Crippen LogP contribution in [0.3, 0.4) is 0 Å². The van der Waals surface area contributed by atoms with E-state index in [1.807, 2.05) is 0 Å². The van der Waals surface area contributed by atoms with Crippen LogP contribution < -0.4 is 10.4 Å². The molecule has 0 aliphatic carbocycles. The molecule has 0 aliphatic rings. The quantitative estimate of drug-likeness (QED) is 0.587. The molecule has 1 aromatic heterocycles. The van der Waals surface area contributed by atoms with Crippen molar-refractivity contribution in [2.75, 3.05) is 13.2 Å². The Morgan fingerprint density at radius 2 is 1.79 bits per heavy atom. The van der Waals surface area contributed by atoms with Gasteiger partial charge in [0.1, 0.15) is 17.9 Å². The first-order chi connectivity index (χ1) is 11.1. The lowest BCUT2D eigenvalue weighted by molar-refractivity contribution is -0.123. The summed E-state index contributed by atoms with van der Waals surface area (Å²) in [6.45, 7) is 10.6. The molecule has 0 saturated carbocycles. The number of ether oxygens (including phenoxy) is 1. The van der Waals surface area contributed by atoms with Gasteiger partial charge in [-0.05, 0) is 36.3 Å². The van der Waals surface area contributed by atoms with E-state index in [2.05, 4.69) is 33.9 Å². The average molecular weight is 348 g/mol. The van der Waals surface area contributed by atoms with Gasteiger partial charge in [0.25, 0.3) is 0 Å². The summed E-state index contributed by atoms with van der Waals surface area (Å²) in [6.07, 6.45) is 0. The van der Waals surface area contributed by atoms with E-state index in [1.54, 1.807) is 24.3 Å². The molecule has 24 heavy (non-hydrogen) atoms. The highest BCUT2D eigenvalue weighted by molar-refractivity contribution is 6.74. The molecule has 0 fully saturated rings. The molecular formula is C18H24O5Si. The van der Waals surface area contributed by atoms with Crippen molar-refractivity contribution in [1.82, 2.24) is 0 Å². The molecule has 0 spiro atoms. The van der Waals surface area contributed by atoms with Crippen molar-refractivity contribution in [1.29, 1.82) is 0 Å². The summed E-state index contributed by atoms with van der Waals surface area (Å²) in [5.74, 6) is 0.368. The zero-order valence-corrected chi connectivity index (χ0v) is 15.8. The lowest BCUT2D eigenvalue weighted by Gasteiger charge is -2.35. The van der Waals surface area contributed by atoms with Gasteiger partial charge in [0.15, 0.2) is 14.1 Å². The van der Waals surface area contributed by atoms with Gasteiger partial charge in [0.2, 0.25) is 0 Å². The Kier molecular flexibility index (Phi) is 5.30. The molecule has 0 aliphatic heterocycles. The zero-order chi connectivity index (χ0) is 18.0. The Morgan fingerprint density at radius 3 is 2.46 bits per heavy atom. The topological polar surface area (TPSA) is 65.7 Å². The summed E-state index contributed by atoms with van der Waals surface area (Å²) in [6, 6.07) is 8.18. The van der Waals surface area contributed by atoms with Crippen molar-refractivity contribution >= 4 is 25.1 Å². The van der Waals surface area contributed by atoms with E-state index in [0.717, 1.165) is 5.39 Å². The van der Waals surface area contributed by atoms with Crippen LogP contribution in [0.4, 0.5) is 0 Å². The first-order valence-electron chi connectivity index (χ1n) is 7.91. The minimum Gasteiger partial charge on any atom is -0.486 e. The van der Waals surface area contributed by atoms with Crippen LogP contribution >= 0.6 is 0 Å². The third kappa shape index (κ3) is 4.55. The van der Waals surface area contributed by atoms with Crippen molar-refractivity contribution in [2.45, 2.75) is 38.9 Å². The molecule has 1 aromatic carbocycles. The van der Waals surface area contributed by atoms with E-state index >= 15 is 0 Å². The average Bonchev–Trinajstić information content (AvgIpc) is 2.49. The van der Waals surface area contributed by atoms with Gasteiger partial charge in [-0.25, -0.2) is 4.79 Å². The summed E-state index contributed by atoms with van der Waals surface area (Å²) < 4.78 is 16.5. The van der Waals surface area contributed by atoms with Gasteiger partial charge >= 0.3 is 5.63 Å². The van der Waals surface area contributed by atoms with Crippen LogP contribution in [0.15, 0.2) is 39.5 Å². The maximum atomic E-state index is 12.0. The fourth-order valence-corrected chi connectivity index (χ4v) is 2.77. The smallest absolute Gasteiger partial charge is 0.336 e. The number of hydrogen-bond donors (Lipinski definition) is 0. The van der Waals surface area contributed by atoms with E-state index in [4.69, 9.17) is 13.6 Å². The lowest BCUT2D eigenvalue weighted by atomic mass is 10.2. The summed E-state index contributed by atoms with van der Waals surface area (Å²) >= 11 is 0. The molecule has 0 saturated heterocycles. The normalized spacial score (nSPS) is 12.4. The van der Waals surface area contributed by atoms with Gasteiger partial charge in [-0.3, -0.25) is 4.79 Å². The van der Waals surface area contributed by atoms with Gasteiger partial charge in [-0.1, -0.05) is 20.8 Å². The second kappa shape index (κ2) is 6.90. The number of hydrogen-bond acceptors (Lipinski definition) is 5. The number of Topliss-reactive ketones (excluding diaryl/α,β-unsaturated/α-hetero) is 1. The Labute approximate surface area is 142 Å². The van der Waals surface area contributed by atoms with Gasteiger partial charge < -0.3 is 13.6 Å². The first kappa shape index (κ1) is 18.4. The Balaban J connectivity index is 1.93. The van der Waals surface area contributed by atoms with E-state index in [1.165, 1.54) is 6.07 Å². The standard InChI is InChI=1S/C18H24O5Si/c1-18(2,3)24(4,5)22-12-14(19)11-21-15-8-6-13-7-9-17(20)23-16(13)10-15/h6-10H,11-12H2,1-5H3. The number of carbonyl (C=O) groups excluding carboxylic acids is 1. The minimum atomic E-state index is -1.94. The van der Waals surface area contributed by atoms with Gasteiger partial charge in [-0.15, -0.1) is 0 Å². The van der Waals surface area contributed by atoms with Gasteiger partial charge in [-0.2, -0.15) is 0 Å². The predicted molar refractivity (Wildman–Crippen MR) is 96.1 cm³/mol. The number of rotatable bonds is 6. The SMILES string of the molecule is CC(C)(C)[Si](C)(C)OCC(=O)COc1ccc2ccc(=O)oc2c1. The number of fused-ring (bicyclic) bond motifs is 1. The van der Waals surface area contributed by atoms with Gasteiger partial charge in [0.05, 0.1) is 6.61 Å². The van der Waals surface area contributed by atoms with E-state index in [-0.39, 0.29) is 24.0 Å². The Morgan fingerprint density at radius 1 is 1.12 bits per heavy atom. The molecule has 1 heterocycles. The summed E-state index contributed by atoms with van der Waals surface area (Å²) in [5, 5.41) is 0.860.